The maximum Gasteiger partial charge on any atom is 0.410 e. The molecule has 4 heterocycles. The molecule has 3 aliphatic heterocycles. The fourth-order valence-corrected chi connectivity index (χ4v) is 4.45. The molecule has 0 aliphatic carbocycles. The van der Waals surface area contributed by atoms with Gasteiger partial charge in [-0.05, 0) is 67.2 Å². The predicted molar refractivity (Wildman–Crippen MR) is 109 cm³/mol. The summed E-state index contributed by atoms with van der Waals surface area (Å²) in [5.41, 5.74) is -0.620. The van der Waals surface area contributed by atoms with Crippen molar-refractivity contribution in [2.45, 2.75) is 51.3 Å². The molecule has 1 aromatic carbocycles. The highest BCUT2D eigenvalue weighted by molar-refractivity contribution is 9.10. The summed E-state index contributed by atoms with van der Waals surface area (Å²) in [5, 5.41) is 0.138. The molecule has 156 valence electrons. The zero-order valence-electron chi connectivity index (χ0n) is 16.2. The van der Waals surface area contributed by atoms with E-state index in [0.717, 1.165) is 12.8 Å². The van der Waals surface area contributed by atoms with Gasteiger partial charge in [0.05, 0.1) is 10.5 Å². The molecule has 0 spiro atoms. The Morgan fingerprint density at radius 2 is 1.93 bits per heavy atom. The number of piperazine rings is 1. The van der Waals surface area contributed by atoms with Gasteiger partial charge >= 0.3 is 6.09 Å². The average molecular weight is 490 g/mol. The van der Waals surface area contributed by atoms with Crippen LogP contribution in [0.3, 0.4) is 0 Å². The van der Waals surface area contributed by atoms with Crippen molar-refractivity contribution in [3.63, 3.8) is 0 Å². The van der Waals surface area contributed by atoms with Gasteiger partial charge in [-0.25, -0.2) is 18.6 Å². The van der Waals surface area contributed by atoms with E-state index in [0.29, 0.717) is 18.9 Å². The first-order valence-electron chi connectivity index (χ1n) is 9.32. The standard InChI is InChI=1S/C19H20BrClF2N4O2/c1-19(2,3)29-18(28)27-8-9-4-5-10(27)7-26(9)16-11-6-12(22)13(20)14(23)15(11)24-17(21)25-16/h6,9-10H,4-5,7-8H2,1-3H3/t9-,10-/m0/s1. The molecular weight excluding hydrogens is 470 g/mol. The summed E-state index contributed by atoms with van der Waals surface area (Å²) in [6, 6.07) is 1.07. The zero-order valence-corrected chi connectivity index (χ0v) is 18.5. The molecule has 2 bridgehead atoms. The molecule has 29 heavy (non-hydrogen) atoms. The molecule has 0 radical (unpaired) electrons. The summed E-state index contributed by atoms with van der Waals surface area (Å²) in [6.07, 6.45) is 1.30. The van der Waals surface area contributed by atoms with Crippen LogP contribution in [0.4, 0.5) is 19.4 Å². The molecule has 3 fully saturated rings. The number of benzene rings is 1. The number of carbonyl (C=O) groups excluding carboxylic acids is 1. The second-order valence-electron chi connectivity index (χ2n) is 8.37. The summed E-state index contributed by atoms with van der Waals surface area (Å²) < 4.78 is 34.0. The van der Waals surface area contributed by atoms with Gasteiger partial charge in [-0.1, -0.05) is 0 Å². The van der Waals surface area contributed by atoms with E-state index in [1.807, 2.05) is 25.7 Å². The highest BCUT2D eigenvalue weighted by atomic mass is 79.9. The first-order chi connectivity index (χ1) is 13.5. The Balaban J connectivity index is 1.70. The molecular formula is C19H20BrClF2N4O2. The number of amides is 1. The zero-order chi connectivity index (χ0) is 21.1. The van der Waals surface area contributed by atoms with E-state index in [-0.39, 0.29) is 38.8 Å². The third-order valence-corrected chi connectivity index (χ3v) is 6.11. The van der Waals surface area contributed by atoms with Gasteiger partial charge in [-0.3, -0.25) is 0 Å². The molecule has 1 amide bonds. The second kappa shape index (κ2) is 7.19. The molecule has 0 unspecified atom stereocenters. The first kappa shape index (κ1) is 20.5. The van der Waals surface area contributed by atoms with Crippen LogP contribution in [0.2, 0.25) is 5.28 Å². The van der Waals surface area contributed by atoms with Gasteiger partial charge in [0.1, 0.15) is 22.8 Å². The van der Waals surface area contributed by atoms with Gasteiger partial charge in [-0.15, -0.1) is 0 Å². The van der Waals surface area contributed by atoms with Gasteiger partial charge in [-0.2, -0.15) is 4.98 Å². The Hall–Kier alpha value is -1.74. The fourth-order valence-electron chi connectivity index (χ4n) is 3.98. The second-order valence-corrected chi connectivity index (χ2v) is 9.50. The number of ether oxygens (including phenoxy) is 1. The number of fused-ring (bicyclic) bond motifs is 4. The summed E-state index contributed by atoms with van der Waals surface area (Å²) >= 11 is 8.95. The van der Waals surface area contributed by atoms with Crippen LogP contribution >= 0.6 is 27.5 Å². The Labute approximate surface area is 180 Å². The Bertz CT molecular complexity index is 1000. The van der Waals surface area contributed by atoms with Crippen molar-refractivity contribution < 1.29 is 18.3 Å². The van der Waals surface area contributed by atoms with Crippen molar-refractivity contribution in [2.24, 2.45) is 0 Å². The van der Waals surface area contributed by atoms with Crippen LogP contribution in [0, 0.1) is 11.6 Å². The van der Waals surface area contributed by atoms with E-state index in [1.165, 1.54) is 6.07 Å². The minimum atomic E-state index is -0.817. The number of piperidine rings is 2. The highest BCUT2D eigenvalue weighted by Crippen LogP contribution is 2.38. The molecule has 10 heteroatoms. The summed E-state index contributed by atoms with van der Waals surface area (Å²) in [5.74, 6) is -1.17. The van der Waals surface area contributed by atoms with E-state index in [1.54, 1.807) is 4.90 Å². The lowest BCUT2D eigenvalue weighted by atomic mass is 9.91. The molecule has 1 aromatic heterocycles. The van der Waals surface area contributed by atoms with Crippen molar-refractivity contribution in [3.05, 3.63) is 27.5 Å². The minimum absolute atomic E-state index is 0.0429. The van der Waals surface area contributed by atoms with E-state index >= 15 is 0 Å². The van der Waals surface area contributed by atoms with Crippen LogP contribution in [0.5, 0.6) is 0 Å². The van der Waals surface area contributed by atoms with E-state index in [9.17, 15) is 13.6 Å². The van der Waals surface area contributed by atoms with Crippen molar-refractivity contribution in [1.82, 2.24) is 14.9 Å². The van der Waals surface area contributed by atoms with Gasteiger partial charge in [0.15, 0.2) is 5.82 Å². The predicted octanol–water partition coefficient (Wildman–Crippen LogP) is 4.91. The van der Waals surface area contributed by atoms with Crippen LogP contribution in [0.1, 0.15) is 33.6 Å². The lowest BCUT2D eigenvalue weighted by Gasteiger charge is -2.51. The van der Waals surface area contributed by atoms with Gasteiger partial charge in [0.25, 0.3) is 0 Å². The summed E-state index contributed by atoms with van der Waals surface area (Å²) in [4.78, 5) is 24.5. The van der Waals surface area contributed by atoms with E-state index < -0.39 is 17.2 Å². The normalized spacial score (nSPS) is 21.8. The van der Waals surface area contributed by atoms with Crippen molar-refractivity contribution in [3.8, 4) is 0 Å². The number of carbonyl (C=O) groups is 1. The lowest BCUT2D eigenvalue weighted by molar-refractivity contribution is 0.000822. The Morgan fingerprint density at radius 3 is 2.55 bits per heavy atom. The largest absolute Gasteiger partial charge is 0.444 e. The SMILES string of the molecule is CC(C)(C)OC(=O)N1C[C@@H]2CC[C@H]1CN2c1nc(Cl)nc2c(F)c(Br)c(F)cc12. The number of aromatic nitrogens is 2. The maximum absolute atomic E-state index is 14.6. The summed E-state index contributed by atoms with van der Waals surface area (Å²) in [6.45, 7) is 6.41. The van der Waals surface area contributed by atoms with Crippen LogP contribution < -0.4 is 4.90 Å². The number of halogens is 4. The number of hydrogen-bond acceptors (Lipinski definition) is 5. The third kappa shape index (κ3) is 3.74. The van der Waals surface area contributed by atoms with E-state index in [4.69, 9.17) is 16.3 Å². The number of hydrogen-bond donors (Lipinski definition) is 0. The molecule has 0 saturated carbocycles. The molecule has 0 N–H and O–H groups in total. The smallest absolute Gasteiger partial charge is 0.410 e. The maximum atomic E-state index is 14.6. The van der Waals surface area contributed by atoms with Crippen LogP contribution in [0.15, 0.2) is 10.5 Å². The molecule has 6 nitrogen and oxygen atoms in total. The monoisotopic (exact) mass is 488 g/mol. The Morgan fingerprint density at radius 1 is 1.24 bits per heavy atom. The van der Waals surface area contributed by atoms with Crippen molar-refractivity contribution in [2.75, 3.05) is 18.0 Å². The van der Waals surface area contributed by atoms with Crippen LogP contribution in [0.25, 0.3) is 10.9 Å². The van der Waals surface area contributed by atoms with Gasteiger partial charge < -0.3 is 14.5 Å². The van der Waals surface area contributed by atoms with Crippen molar-refractivity contribution in [1.29, 1.82) is 0 Å². The van der Waals surface area contributed by atoms with Crippen molar-refractivity contribution >= 4 is 50.3 Å². The molecule has 3 saturated heterocycles. The van der Waals surface area contributed by atoms with Gasteiger partial charge in [0.2, 0.25) is 5.28 Å². The molecule has 2 atom stereocenters. The summed E-state index contributed by atoms with van der Waals surface area (Å²) in [7, 11) is 0. The first-order valence-corrected chi connectivity index (χ1v) is 10.5. The number of anilines is 1. The highest BCUT2D eigenvalue weighted by Gasteiger charge is 2.43. The fraction of sp³-hybridized carbons (Fsp3) is 0.526. The van der Waals surface area contributed by atoms with Crippen LogP contribution in [-0.2, 0) is 4.74 Å². The number of nitrogens with zero attached hydrogens (tertiary/aromatic N) is 4. The minimum Gasteiger partial charge on any atom is -0.444 e. The molecule has 5 rings (SSSR count). The number of rotatable bonds is 1. The van der Waals surface area contributed by atoms with Crippen LogP contribution in [-0.4, -0.2) is 51.7 Å². The molecule has 3 aliphatic rings. The average Bonchev–Trinajstić information content (AvgIpc) is 2.65. The quantitative estimate of drug-likeness (QED) is 0.421. The lowest BCUT2D eigenvalue weighted by Crippen LogP contribution is -2.64. The Kier molecular flexibility index (Phi) is 5.09. The third-order valence-electron chi connectivity index (χ3n) is 5.21. The molecule has 2 aromatic rings. The van der Waals surface area contributed by atoms with Gasteiger partial charge in [0, 0.05) is 24.5 Å². The topological polar surface area (TPSA) is 58.6 Å². The van der Waals surface area contributed by atoms with E-state index in [2.05, 4.69) is 25.9 Å².